The standard InChI is InChI=1S/C21H19F3O4/c1-11-2-6-16(21(22,23)24)15-5-7-17(20(11)15)28-13-3-4-14-12(8-19(25)26)10-27-18(14)9-13/h2-4,6,9,12,17H,5,7-8,10H2,1H3,(H,25,26)/t12?,17-/m1/s1. The van der Waals surface area contributed by atoms with Crippen LogP contribution in [0.15, 0.2) is 30.3 Å². The average Bonchev–Trinajstić information content (AvgIpc) is 3.19. The maximum Gasteiger partial charge on any atom is 0.416 e. The first kappa shape index (κ1) is 18.7. The quantitative estimate of drug-likeness (QED) is 0.793. The van der Waals surface area contributed by atoms with Crippen molar-refractivity contribution in [3.8, 4) is 11.5 Å². The minimum absolute atomic E-state index is 0.0113. The molecule has 0 saturated carbocycles. The fraction of sp³-hybridized carbons (Fsp3) is 0.381. The number of aryl methyl sites for hydroxylation is 1. The van der Waals surface area contributed by atoms with Crippen LogP contribution in [0.3, 0.4) is 0 Å². The minimum Gasteiger partial charge on any atom is -0.492 e. The molecule has 1 heterocycles. The molecule has 1 unspecified atom stereocenters. The molecule has 1 aliphatic carbocycles. The summed E-state index contributed by atoms with van der Waals surface area (Å²) in [7, 11) is 0. The third-order valence-electron chi connectivity index (χ3n) is 5.42. The molecule has 148 valence electrons. The molecule has 2 aliphatic rings. The first-order valence-electron chi connectivity index (χ1n) is 9.09. The van der Waals surface area contributed by atoms with Crippen molar-refractivity contribution in [3.63, 3.8) is 0 Å². The van der Waals surface area contributed by atoms with Crippen molar-refractivity contribution in [1.29, 1.82) is 0 Å². The number of alkyl halides is 3. The number of rotatable bonds is 4. The monoisotopic (exact) mass is 392 g/mol. The summed E-state index contributed by atoms with van der Waals surface area (Å²) < 4.78 is 51.5. The number of carboxylic acids is 1. The molecular formula is C21H19F3O4. The maximum atomic E-state index is 13.3. The predicted molar refractivity (Wildman–Crippen MR) is 94.8 cm³/mol. The molecule has 0 bridgehead atoms. The number of halogens is 3. The van der Waals surface area contributed by atoms with E-state index in [1.807, 2.05) is 0 Å². The van der Waals surface area contributed by atoms with Crippen LogP contribution in [-0.4, -0.2) is 17.7 Å². The van der Waals surface area contributed by atoms with Gasteiger partial charge in [-0.2, -0.15) is 13.2 Å². The highest BCUT2D eigenvalue weighted by Gasteiger charge is 2.38. The van der Waals surface area contributed by atoms with Crippen LogP contribution in [0.25, 0.3) is 0 Å². The zero-order valence-electron chi connectivity index (χ0n) is 15.2. The molecule has 0 saturated heterocycles. The highest BCUT2D eigenvalue weighted by molar-refractivity contribution is 5.68. The lowest BCUT2D eigenvalue weighted by Gasteiger charge is -2.19. The van der Waals surface area contributed by atoms with E-state index in [-0.39, 0.29) is 12.3 Å². The van der Waals surface area contributed by atoms with Crippen molar-refractivity contribution in [2.75, 3.05) is 6.61 Å². The van der Waals surface area contributed by atoms with Crippen LogP contribution in [0.2, 0.25) is 0 Å². The Bertz CT molecular complexity index is 936. The topological polar surface area (TPSA) is 55.8 Å². The van der Waals surface area contributed by atoms with Crippen molar-refractivity contribution in [3.05, 3.63) is 58.1 Å². The van der Waals surface area contributed by atoms with E-state index in [0.29, 0.717) is 42.1 Å². The van der Waals surface area contributed by atoms with Crippen molar-refractivity contribution in [1.82, 2.24) is 0 Å². The molecule has 4 rings (SSSR count). The number of ether oxygens (including phenoxy) is 2. The van der Waals surface area contributed by atoms with Gasteiger partial charge < -0.3 is 14.6 Å². The molecule has 2 aromatic rings. The summed E-state index contributed by atoms with van der Waals surface area (Å²) in [5.41, 5.74) is 1.94. The molecule has 1 N–H and O–H groups in total. The Kier molecular flexibility index (Phi) is 4.48. The Morgan fingerprint density at radius 2 is 2.07 bits per heavy atom. The van der Waals surface area contributed by atoms with Gasteiger partial charge in [-0.05, 0) is 48.6 Å². The number of aliphatic carboxylic acids is 1. The van der Waals surface area contributed by atoms with Gasteiger partial charge in [-0.25, -0.2) is 0 Å². The lowest BCUT2D eigenvalue weighted by atomic mass is 9.97. The second kappa shape index (κ2) is 6.72. The number of benzene rings is 2. The molecule has 0 radical (unpaired) electrons. The van der Waals surface area contributed by atoms with Gasteiger partial charge >= 0.3 is 12.1 Å². The van der Waals surface area contributed by atoms with Crippen molar-refractivity contribution in [2.45, 2.75) is 44.4 Å². The van der Waals surface area contributed by atoms with Gasteiger partial charge in [-0.1, -0.05) is 12.1 Å². The van der Waals surface area contributed by atoms with Gasteiger partial charge in [-0.3, -0.25) is 4.79 Å². The van der Waals surface area contributed by atoms with Crippen LogP contribution in [-0.2, 0) is 17.4 Å². The van der Waals surface area contributed by atoms with E-state index in [9.17, 15) is 18.0 Å². The van der Waals surface area contributed by atoms with Gasteiger partial charge in [0.2, 0.25) is 0 Å². The summed E-state index contributed by atoms with van der Waals surface area (Å²) in [6.07, 6.45) is -4.05. The zero-order valence-corrected chi connectivity index (χ0v) is 15.2. The summed E-state index contributed by atoms with van der Waals surface area (Å²) in [6.45, 7) is 2.09. The zero-order chi connectivity index (χ0) is 20.1. The van der Waals surface area contributed by atoms with Gasteiger partial charge in [0, 0.05) is 17.5 Å². The number of hydrogen-bond donors (Lipinski definition) is 1. The molecule has 2 aromatic carbocycles. The van der Waals surface area contributed by atoms with Crippen LogP contribution >= 0.6 is 0 Å². The first-order valence-corrected chi connectivity index (χ1v) is 9.09. The molecule has 0 fully saturated rings. The average molecular weight is 392 g/mol. The first-order chi connectivity index (χ1) is 13.2. The third-order valence-corrected chi connectivity index (χ3v) is 5.42. The molecule has 1 aliphatic heterocycles. The SMILES string of the molecule is Cc1ccc(C(F)(F)F)c2c1[C@H](Oc1ccc3c(c1)OCC3CC(=O)O)CC2. The van der Waals surface area contributed by atoms with Gasteiger partial charge in [0.1, 0.15) is 17.6 Å². The van der Waals surface area contributed by atoms with Gasteiger partial charge in [0.15, 0.2) is 0 Å². The fourth-order valence-corrected chi connectivity index (χ4v) is 4.18. The summed E-state index contributed by atoms with van der Waals surface area (Å²) in [5.74, 6) is -0.0160. The minimum atomic E-state index is -4.38. The second-order valence-electron chi connectivity index (χ2n) is 7.27. The molecule has 0 amide bonds. The van der Waals surface area contributed by atoms with Crippen LogP contribution in [0.5, 0.6) is 11.5 Å². The maximum absolute atomic E-state index is 13.3. The van der Waals surface area contributed by atoms with Crippen molar-refractivity contribution in [2.24, 2.45) is 0 Å². The normalized spacial score (nSPS) is 20.4. The third kappa shape index (κ3) is 3.30. The number of hydrogen-bond acceptors (Lipinski definition) is 3. The van der Waals surface area contributed by atoms with E-state index in [2.05, 4.69) is 0 Å². The summed E-state index contributed by atoms with van der Waals surface area (Å²) in [4.78, 5) is 10.9. The van der Waals surface area contributed by atoms with E-state index < -0.39 is 23.8 Å². The molecule has 28 heavy (non-hydrogen) atoms. The Morgan fingerprint density at radius 3 is 2.79 bits per heavy atom. The second-order valence-corrected chi connectivity index (χ2v) is 7.27. The smallest absolute Gasteiger partial charge is 0.416 e. The van der Waals surface area contributed by atoms with Crippen LogP contribution in [0.1, 0.15) is 52.7 Å². The van der Waals surface area contributed by atoms with Gasteiger partial charge in [0.05, 0.1) is 18.6 Å². The largest absolute Gasteiger partial charge is 0.492 e. The Hall–Kier alpha value is -2.70. The molecule has 2 atom stereocenters. The number of fused-ring (bicyclic) bond motifs is 2. The molecule has 7 heteroatoms. The van der Waals surface area contributed by atoms with Gasteiger partial charge in [-0.15, -0.1) is 0 Å². The van der Waals surface area contributed by atoms with Crippen LogP contribution < -0.4 is 9.47 Å². The molecular weight excluding hydrogens is 373 g/mol. The molecule has 0 aromatic heterocycles. The predicted octanol–water partition coefficient (Wildman–Crippen LogP) is 5.03. The summed E-state index contributed by atoms with van der Waals surface area (Å²) in [6, 6.07) is 7.83. The molecule has 0 spiro atoms. The Morgan fingerprint density at radius 1 is 1.29 bits per heavy atom. The number of carboxylic acid groups (broad SMARTS) is 1. The van der Waals surface area contributed by atoms with Crippen molar-refractivity contribution >= 4 is 5.97 Å². The van der Waals surface area contributed by atoms with Crippen LogP contribution in [0, 0.1) is 6.92 Å². The Balaban J connectivity index is 1.59. The van der Waals surface area contributed by atoms with E-state index >= 15 is 0 Å². The van der Waals surface area contributed by atoms with E-state index in [0.717, 1.165) is 17.2 Å². The van der Waals surface area contributed by atoms with Gasteiger partial charge in [0.25, 0.3) is 0 Å². The highest BCUT2D eigenvalue weighted by Crippen LogP contribution is 2.45. The fourth-order valence-electron chi connectivity index (χ4n) is 4.18. The van der Waals surface area contributed by atoms with Crippen LogP contribution in [0.4, 0.5) is 13.2 Å². The van der Waals surface area contributed by atoms with E-state index in [1.165, 1.54) is 6.07 Å². The van der Waals surface area contributed by atoms with E-state index in [4.69, 9.17) is 14.6 Å². The summed E-state index contributed by atoms with van der Waals surface area (Å²) in [5, 5.41) is 8.98. The lowest BCUT2D eigenvalue weighted by Crippen LogP contribution is -2.11. The summed E-state index contributed by atoms with van der Waals surface area (Å²) >= 11 is 0. The van der Waals surface area contributed by atoms with E-state index in [1.54, 1.807) is 25.1 Å². The molecule has 4 nitrogen and oxygen atoms in total. The Labute approximate surface area is 159 Å². The lowest BCUT2D eigenvalue weighted by molar-refractivity contribution is -0.138. The number of carbonyl (C=O) groups is 1. The highest BCUT2D eigenvalue weighted by atomic mass is 19.4. The van der Waals surface area contributed by atoms with Crippen molar-refractivity contribution < 1.29 is 32.5 Å².